The molecule has 7 heteroatoms. The smallest absolute Gasteiger partial charge is 0.306 e. The lowest BCUT2D eigenvalue weighted by Crippen LogP contribution is -2.64. The second-order valence-electron chi connectivity index (χ2n) is 18.2. The third kappa shape index (κ3) is 6.45. The number of carboxylic acids is 1. The number of ether oxygens (including phenoxy) is 1. The number of aliphatic carboxylic acids is 1. The molecule has 2 N–H and O–H groups in total. The Kier molecular flexibility index (Phi) is 10.3. The number of rotatable bonds is 10. The Hall–Kier alpha value is -0.790. The third-order valence-electron chi connectivity index (χ3n) is 15.3. The summed E-state index contributed by atoms with van der Waals surface area (Å²) in [5.41, 5.74) is 0.521. The van der Waals surface area contributed by atoms with Crippen LogP contribution in [-0.2, 0) is 14.3 Å². The van der Waals surface area contributed by atoms with Crippen LogP contribution in [0.1, 0.15) is 131 Å². The highest BCUT2D eigenvalue weighted by Crippen LogP contribution is 2.70. The van der Waals surface area contributed by atoms with Gasteiger partial charge in [0, 0.05) is 42.7 Å². The summed E-state index contributed by atoms with van der Waals surface area (Å²) in [5, 5.41) is 13.6. The van der Waals surface area contributed by atoms with Crippen LogP contribution in [0.15, 0.2) is 0 Å². The lowest BCUT2D eigenvalue weighted by atomic mass is 9.38. The van der Waals surface area contributed by atoms with Crippen LogP contribution in [0.4, 0.5) is 0 Å². The number of hydrogen-bond donors (Lipinski definition) is 2. The second-order valence-corrected chi connectivity index (χ2v) is 19.4. The molecule has 262 valence electrons. The molecule has 5 saturated carbocycles. The molecule has 0 spiro atoms. The number of hydrogen-bond acceptors (Lipinski definition) is 6. The van der Waals surface area contributed by atoms with Crippen LogP contribution >= 0.6 is 11.8 Å². The molecule has 0 aromatic carbocycles. The first kappa shape index (κ1) is 35.1. The maximum Gasteiger partial charge on any atom is 0.306 e. The van der Waals surface area contributed by atoms with Crippen molar-refractivity contribution in [3.05, 3.63) is 0 Å². The first-order chi connectivity index (χ1) is 21.8. The van der Waals surface area contributed by atoms with Crippen molar-refractivity contribution in [2.45, 2.75) is 149 Å². The van der Waals surface area contributed by atoms with Crippen molar-refractivity contribution in [1.29, 1.82) is 0 Å². The Morgan fingerprint density at radius 3 is 2.35 bits per heavy atom. The van der Waals surface area contributed by atoms with Gasteiger partial charge in [-0.1, -0.05) is 48.0 Å². The fourth-order valence-corrected chi connectivity index (χ4v) is 14.1. The van der Waals surface area contributed by atoms with Crippen LogP contribution in [0.5, 0.6) is 0 Å². The van der Waals surface area contributed by atoms with Crippen molar-refractivity contribution >= 4 is 23.7 Å². The molecular formula is C39H66N2O4S. The van der Waals surface area contributed by atoms with Gasteiger partial charge in [0.25, 0.3) is 0 Å². The fourth-order valence-electron chi connectivity index (χ4n) is 13.1. The minimum Gasteiger partial charge on any atom is -0.481 e. The van der Waals surface area contributed by atoms with Crippen LogP contribution < -0.4 is 5.32 Å². The van der Waals surface area contributed by atoms with Crippen molar-refractivity contribution in [1.82, 2.24) is 10.2 Å². The number of thioether (sulfide) groups is 1. The summed E-state index contributed by atoms with van der Waals surface area (Å²) < 4.78 is 6.16. The maximum absolute atomic E-state index is 13.0. The van der Waals surface area contributed by atoms with Crippen LogP contribution in [0, 0.1) is 51.8 Å². The van der Waals surface area contributed by atoms with Gasteiger partial charge < -0.3 is 15.2 Å². The zero-order chi connectivity index (χ0) is 32.9. The molecule has 0 amide bonds. The van der Waals surface area contributed by atoms with Crippen molar-refractivity contribution in [2.75, 3.05) is 31.1 Å². The minimum absolute atomic E-state index is 0.0132. The van der Waals surface area contributed by atoms with E-state index in [9.17, 15) is 14.7 Å². The molecule has 0 aromatic rings. The van der Waals surface area contributed by atoms with Gasteiger partial charge in [0.05, 0.1) is 12.8 Å². The summed E-state index contributed by atoms with van der Waals surface area (Å²) >= 11 is 2.12. The molecule has 0 aromatic heterocycles. The first-order valence-electron chi connectivity index (χ1n) is 19.3. The molecule has 1 heterocycles. The highest BCUT2D eigenvalue weighted by atomic mass is 32.2. The van der Waals surface area contributed by atoms with Gasteiger partial charge in [-0.2, -0.15) is 11.8 Å². The largest absolute Gasteiger partial charge is 0.481 e. The average molecular weight is 659 g/mol. The number of nitrogens with one attached hydrogen (secondary N) is 1. The van der Waals surface area contributed by atoms with E-state index in [4.69, 9.17) is 4.74 Å². The Morgan fingerprint density at radius 1 is 0.935 bits per heavy atom. The highest BCUT2D eigenvalue weighted by Gasteiger charge is 2.65. The average Bonchev–Trinajstić information content (AvgIpc) is 3.43. The minimum atomic E-state index is -0.857. The molecular weight excluding hydrogens is 593 g/mol. The molecule has 10 unspecified atom stereocenters. The van der Waals surface area contributed by atoms with Gasteiger partial charge in [0.15, 0.2) is 0 Å². The number of fused-ring (bicyclic) bond motifs is 7. The van der Waals surface area contributed by atoms with E-state index in [1.54, 1.807) is 0 Å². The van der Waals surface area contributed by atoms with Gasteiger partial charge in [-0.05, 0) is 122 Å². The summed E-state index contributed by atoms with van der Waals surface area (Å²) in [6.07, 6.45) is 15.8. The normalized spacial score (nSPS) is 43.5. The summed E-state index contributed by atoms with van der Waals surface area (Å²) in [7, 11) is 0. The van der Waals surface area contributed by atoms with Crippen LogP contribution in [0.3, 0.4) is 0 Å². The molecule has 6 aliphatic rings. The molecule has 6 fully saturated rings. The zero-order valence-corrected chi connectivity index (χ0v) is 30.9. The van der Waals surface area contributed by atoms with E-state index in [0.29, 0.717) is 34.2 Å². The first-order valence-corrected chi connectivity index (χ1v) is 20.5. The predicted octanol–water partition coefficient (Wildman–Crippen LogP) is 8.03. The number of carbonyl (C=O) groups excluding carboxylic acids is 1. The fraction of sp³-hybridized carbons (Fsp3) is 0.949. The Balaban J connectivity index is 1.11. The topological polar surface area (TPSA) is 78.9 Å². The quantitative estimate of drug-likeness (QED) is 0.230. The Morgan fingerprint density at radius 2 is 1.63 bits per heavy atom. The molecule has 1 saturated heterocycles. The predicted molar refractivity (Wildman–Crippen MR) is 188 cm³/mol. The van der Waals surface area contributed by atoms with E-state index in [1.165, 1.54) is 95.3 Å². The monoisotopic (exact) mass is 658 g/mol. The van der Waals surface area contributed by atoms with Crippen molar-refractivity contribution in [3.8, 4) is 0 Å². The Bertz CT molecular complexity index is 1110. The Labute approximate surface area is 284 Å². The van der Waals surface area contributed by atoms with Gasteiger partial charge in [-0.3, -0.25) is 14.5 Å². The van der Waals surface area contributed by atoms with E-state index >= 15 is 0 Å². The lowest BCUT2D eigenvalue weighted by Gasteiger charge is -2.68. The summed E-state index contributed by atoms with van der Waals surface area (Å²) in [6, 6.07) is 0.686. The third-order valence-corrected chi connectivity index (χ3v) is 16.2. The molecule has 0 bridgehead atoms. The molecule has 5 aliphatic carbocycles. The van der Waals surface area contributed by atoms with Gasteiger partial charge in [0.1, 0.15) is 6.10 Å². The van der Waals surface area contributed by atoms with E-state index < -0.39 is 11.4 Å². The van der Waals surface area contributed by atoms with Crippen molar-refractivity contribution in [3.63, 3.8) is 0 Å². The van der Waals surface area contributed by atoms with E-state index in [0.717, 1.165) is 36.5 Å². The lowest BCUT2D eigenvalue weighted by molar-refractivity contribution is -0.199. The van der Waals surface area contributed by atoms with Crippen molar-refractivity contribution < 1.29 is 19.4 Å². The number of carboxylic acid groups (broad SMARTS) is 1. The van der Waals surface area contributed by atoms with E-state index in [2.05, 4.69) is 49.7 Å². The molecule has 11 atom stereocenters. The summed E-state index contributed by atoms with van der Waals surface area (Å²) in [5.74, 6) is 5.81. The van der Waals surface area contributed by atoms with E-state index in [1.807, 2.05) is 13.8 Å². The second kappa shape index (κ2) is 13.5. The van der Waals surface area contributed by atoms with Crippen LogP contribution in [0.25, 0.3) is 0 Å². The number of esters is 1. The molecule has 6 nitrogen and oxygen atoms in total. The maximum atomic E-state index is 13.0. The van der Waals surface area contributed by atoms with Crippen molar-refractivity contribution in [2.24, 2.45) is 51.8 Å². The molecule has 1 aliphatic heterocycles. The summed E-state index contributed by atoms with van der Waals surface area (Å²) in [6.45, 7) is 17.5. The number of nitrogens with zero attached hydrogens (tertiary/aromatic N) is 1. The highest BCUT2D eigenvalue weighted by molar-refractivity contribution is 7.99. The van der Waals surface area contributed by atoms with Crippen LogP contribution in [0.2, 0.25) is 0 Å². The zero-order valence-electron chi connectivity index (χ0n) is 30.1. The summed E-state index contributed by atoms with van der Waals surface area (Å²) in [4.78, 5) is 27.1. The molecule has 0 radical (unpaired) electrons. The van der Waals surface area contributed by atoms with Gasteiger partial charge in [0.2, 0.25) is 0 Å². The molecule has 46 heavy (non-hydrogen) atoms. The van der Waals surface area contributed by atoms with E-state index in [-0.39, 0.29) is 24.9 Å². The van der Waals surface area contributed by atoms with Gasteiger partial charge in [-0.25, -0.2) is 0 Å². The van der Waals surface area contributed by atoms with Gasteiger partial charge in [-0.15, -0.1) is 0 Å². The molecule has 6 rings (SSSR count). The standard InChI is InChI=1S/C39H66N2O4S/c1-7-27(41-19-21-46-22-20-41)25-40-39-15-8-9-31(39)28-10-11-33-37(5)17-14-32(45-35(44)24-36(3,4)23-34(42)43)26(2)29(37)12-16-38(33,6)30(28)13-18-39/h26-33,40H,7-25H2,1-6H3,(H,42,43)/t26?,27?,28?,29?,30?,31-,32?,33?,37?,38?,39?/m1/s1. The van der Waals surface area contributed by atoms with Crippen LogP contribution in [-0.4, -0.2) is 70.8 Å². The van der Waals surface area contributed by atoms with Gasteiger partial charge >= 0.3 is 11.9 Å². The SMILES string of the molecule is CCC(CNC12CCC[C@@H]1C1CCC3C4(C)CCC(OC(=O)CC(C)(C)CC(=O)O)C(C)C4CCC3(C)C1CC2)N1CCSCC1. The number of carbonyl (C=O) groups is 2.